The van der Waals surface area contributed by atoms with Crippen molar-refractivity contribution in [3.05, 3.63) is 64.1 Å². The summed E-state index contributed by atoms with van der Waals surface area (Å²) in [6.07, 6.45) is 3.99. The molecule has 1 aromatic carbocycles. The van der Waals surface area contributed by atoms with Gasteiger partial charge in [0.25, 0.3) is 0 Å². The van der Waals surface area contributed by atoms with Gasteiger partial charge in [-0.05, 0) is 49.4 Å². The first-order chi connectivity index (χ1) is 17.9. The van der Waals surface area contributed by atoms with Gasteiger partial charge >= 0.3 is 6.09 Å². The van der Waals surface area contributed by atoms with Crippen molar-refractivity contribution in [1.29, 1.82) is 5.26 Å². The van der Waals surface area contributed by atoms with Crippen molar-refractivity contribution in [1.82, 2.24) is 14.5 Å². The van der Waals surface area contributed by atoms with E-state index in [0.29, 0.717) is 43.2 Å². The summed E-state index contributed by atoms with van der Waals surface area (Å²) in [5.74, 6) is 1.47. The standard InChI is InChI=1S/C27H31N5O4S/c1-4-35-21-7-5-6-20(15-21)18(2)14-25(33)30-26-23(16-28)22-8-10-32(17-24(22)37-26)27(34)36-13-12-31-11-9-29-19(31)3/h5-7,9,11,15,18H,4,8,10,12-14,17H2,1-3H3,(H,30,33)/t18-/m0/s1. The first-order valence-electron chi connectivity index (χ1n) is 12.4. The number of hydrogen-bond acceptors (Lipinski definition) is 7. The van der Waals surface area contributed by atoms with Crippen LogP contribution in [0.3, 0.4) is 0 Å². The fourth-order valence-electron chi connectivity index (χ4n) is 4.38. The first-order valence-corrected chi connectivity index (χ1v) is 13.2. The molecular weight excluding hydrogens is 490 g/mol. The lowest BCUT2D eigenvalue weighted by atomic mass is 9.97. The molecule has 0 bridgehead atoms. The second-order valence-corrected chi connectivity index (χ2v) is 10.0. The minimum Gasteiger partial charge on any atom is -0.494 e. The van der Waals surface area contributed by atoms with Crippen LogP contribution in [0.15, 0.2) is 36.7 Å². The summed E-state index contributed by atoms with van der Waals surface area (Å²) < 4.78 is 13.0. The number of nitrogens with one attached hydrogen (secondary N) is 1. The van der Waals surface area contributed by atoms with Crippen LogP contribution in [0.1, 0.15) is 53.6 Å². The van der Waals surface area contributed by atoms with Gasteiger partial charge in [0.05, 0.1) is 25.3 Å². The van der Waals surface area contributed by atoms with E-state index in [1.54, 1.807) is 11.1 Å². The molecule has 194 valence electrons. The first kappa shape index (κ1) is 26.2. The number of hydrogen-bond donors (Lipinski definition) is 1. The van der Waals surface area contributed by atoms with Crippen LogP contribution in [0.25, 0.3) is 0 Å². The van der Waals surface area contributed by atoms with E-state index >= 15 is 0 Å². The highest BCUT2D eigenvalue weighted by molar-refractivity contribution is 7.16. The van der Waals surface area contributed by atoms with Crippen LogP contribution in [0.4, 0.5) is 9.80 Å². The van der Waals surface area contributed by atoms with Gasteiger partial charge in [-0.1, -0.05) is 19.1 Å². The van der Waals surface area contributed by atoms with Gasteiger partial charge in [0.15, 0.2) is 0 Å². The molecule has 3 aromatic rings. The number of fused-ring (bicyclic) bond motifs is 1. The lowest BCUT2D eigenvalue weighted by Gasteiger charge is -2.26. The molecule has 3 heterocycles. The van der Waals surface area contributed by atoms with Crippen molar-refractivity contribution in [2.75, 3.05) is 25.1 Å². The van der Waals surface area contributed by atoms with Crippen molar-refractivity contribution in [3.8, 4) is 11.8 Å². The Hall–Kier alpha value is -3.84. The summed E-state index contributed by atoms with van der Waals surface area (Å²) in [5, 5.41) is 13.3. The van der Waals surface area contributed by atoms with Gasteiger partial charge in [-0.25, -0.2) is 9.78 Å². The number of nitrogens with zero attached hydrogens (tertiary/aromatic N) is 4. The van der Waals surface area contributed by atoms with Gasteiger partial charge in [-0.2, -0.15) is 5.26 Å². The Morgan fingerprint density at radius 2 is 2.19 bits per heavy atom. The molecule has 1 aliphatic rings. The SMILES string of the molecule is CCOc1cccc([C@@H](C)CC(=O)Nc2sc3c(c2C#N)CCN(C(=O)OCCn2ccnc2C)C3)c1. The zero-order valence-electron chi connectivity index (χ0n) is 21.3. The molecule has 1 N–H and O–H groups in total. The molecule has 0 radical (unpaired) electrons. The number of amides is 2. The smallest absolute Gasteiger partial charge is 0.410 e. The van der Waals surface area contributed by atoms with Crippen molar-refractivity contribution in [2.24, 2.45) is 0 Å². The molecule has 1 aliphatic heterocycles. The quantitative estimate of drug-likeness (QED) is 0.431. The van der Waals surface area contributed by atoms with Crippen molar-refractivity contribution >= 4 is 28.3 Å². The van der Waals surface area contributed by atoms with E-state index in [0.717, 1.165) is 27.6 Å². The number of rotatable bonds is 9. The second-order valence-electron chi connectivity index (χ2n) is 8.93. The highest BCUT2D eigenvalue weighted by atomic mass is 32.1. The van der Waals surface area contributed by atoms with E-state index in [2.05, 4.69) is 16.4 Å². The lowest BCUT2D eigenvalue weighted by Crippen LogP contribution is -2.36. The normalized spacial score (nSPS) is 13.4. The molecule has 37 heavy (non-hydrogen) atoms. The second kappa shape index (κ2) is 11.9. The Labute approximate surface area is 220 Å². The zero-order valence-corrected chi connectivity index (χ0v) is 22.1. The molecule has 0 saturated carbocycles. The minimum atomic E-state index is -0.385. The minimum absolute atomic E-state index is 0.0168. The van der Waals surface area contributed by atoms with Gasteiger partial charge in [-0.15, -0.1) is 11.3 Å². The average Bonchev–Trinajstić information content (AvgIpc) is 3.45. The van der Waals surface area contributed by atoms with E-state index in [4.69, 9.17) is 9.47 Å². The predicted molar refractivity (Wildman–Crippen MR) is 141 cm³/mol. The Morgan fingerprint density at radius 1 is 1.35 bits per heavy atom. The Morgan fingerprint density at radius 3 is 2.92 bits per heavy atom. The molecule has 2 aromatic heterocycles. The largest absolute Gasteiger partial charge is 0.494 e. The number of carbonyl (C=O) groups excluding carboxylic acids is 2. The molecule has 0 saturated heterocycles. The maximum Gasteiger partial charge on any atom is 0.410 e. The lowest BCUT2D eigenvalue weighted by molar-refractivity contribution is -0.116. The van der Waals surface area contributed by atoms with Crippen LogP contribution in [0, 0.1) is 18.3 Å². The molecular formula is C27H31N5O4S. The Bertz CT molecular complexity index is 1310. The maximum absolute atomic E-state index is 12.9. The summed E-state index contributed by atoms with van der Waals surface area (Å²) in [4.78, 5) is 32.2. The summed E-state index contributed by atoms with van der Waals surface area (Å²) in [6, 6.07) is 10.0. The van der Waals surface area contributed by atoms with Crippen molar-refractivity contribution in [3.63, 3.8) is 0 Å². The fourth-order valence-corrected chi connectivity index (χ4v) is 5.61. The highest BCUT2D eigenvalue weighted by Gasteiger charge is 2.28. The fraction of sp³-hybridized carbons (Fsp3) is 0.407. The van der Waals surface area contributed by atoms with Crippen LogP contribution in [0.2, 0.25) is 0 Å². The van der Waals surface area contributed by atoms with Gasteiger partial charge in [0.2, 0.25) is 5.91 Å². The topological polar surface area (TPSA) is 109 Å². The molecule has 0 aliphatic carbocycles. The van der Waals surface area contributed by atoms with Gasteiger partial charge < -0.3 is 24.3 Å². The highest BCUT2D eigenvalue weighted by Crippen LogP contribution is 2.37. The molecule has 1 atom stereocenters. The van der Waals surface area contributed by atoms with Crippen molar-refractivity contribution < 1.29 is 19.1 Å². The monoisotopic (exact) mass is 521 g/mol. The number of aromatic nitrogens is 2. The average molecular weight is 522 g/mol. The summed E-state index contributed by atoms with van der Waals surface area (Å²) in [5.41, 5.74) is 2.41. The van der Waals surface area contributed by atoms with Gasteiger partial charge in [0, 0.05) is 30.2 Å². The zero-order chi connectivity index (χ0) is 26.4. The van der Waals surface area contributed by atoms with Crippen LogP contribution in [0.5, 0.6) is 5.75 Å². The number of imidazole rings is 1. The predicted octanol–water partition coefficient (Wildman–Crippen LogP) is 4.85. The number of thiophene rings is 1. The molecule has 10 heteroatoms. The summed E-state index contributed by atoms with van der Waals surface area (Å²) >= 11 is 1.36. The molecule has 0 unspecified atom stereocenters. The van der Waals surface area contributed by atoms with Crippen LogP contribution >= 0.6 is 11.3 Å². The van der Waals surface area contributed by atoms with E-state index in [9.17, 15) is 14.9 Å². The van der Waals surface area contributed by atoms with Crippen LogP contribution in [-0.2, 0) is 29.0 Å². The Balaban J connectivity index is 1.35. The summed E-state index contributed by atoms with van der Waals surface area (Å²) in [7, 11) is 0. The number of benzene rings is 1. The Kier molecular flexibility index (Phi) is 8.46. The molecule has 0 spiro atoms. The maximum atomic E-state index is 12.9. The third-order valence-electron chi connectivity index (χ3n) is 6.39. The van der Waals surface area contributed by atoms with Crippen molar-refractivity contribution in [2.45, 2.75) is 52.6 Å². The summed E-state index contributed by atoms with van der Waals surface area (Å²) in [6.45, 7) is 8.01. The van der Waals surface area contributed by atoms with E-state index < -0.39 is 0 Å². The molecule has 2 amide bonds. The van der Waals surface area contributed by atoms with Crippen LogP contribution < -0.4 is 10.1 Å². The third kappa shape index (κ3) is 6.30. The van der Waals surface area contributed by atoms with E-state index in [1.165, 1.54) is 11.3 Å². The van der Waals surface area contributed by atoms with Gasteiger partial charge in [-0.3, -0.25) is 4.79 Å². The number of nitriles is 1. The number of aryl methyl sites for hydroxylation is 1. The van der Waals surface area contributed by atoms with E-state index in [1.807, 2.05) is 55.8 Å². The number of anilines is 1. The van der Waals surface area contributed by atoms with Crippen LogP contribution in [-0.4, -0.2) is 46.2 Å². The number of carbonyl (C=O) groups is 2. The third-order valence-corrected chi connectivity index (χ3v) is 7.52. The molecule has 0 fully saturated rings. The molecule has 9 nitrogen and oxygen atoms in total. The van der Waals surface area contributed by atoms with E-state index in [-0.39, 0.29) is 30.9 Å². The van der Waals surface area contributed by atoms with Gasteiger partial charge in [0.1, 0.15) is 29.3 Å². The number of ether oxygens (including phenoxy) is 2. The molecule has 4 rings (SSSR count).